The molecule has 1 atom stereocenters. The van der Waals surface area contributed by atoms with E-state index in [0.717, 1.165) is 12.8 Å². The summed E-state index contributed by atoms with van der Waals surface area (Å²) < 4.78 is 13.3. The predicted octanol–water partition coefficient (Wildman–Crippen LogP) is 4.19. The molecule has 0 aliphatic carbocycles. The normalized spacial score (nSPS) is 14.3. The fourth-order valence-corrected chi connectivity index (χ4v) is 2.18. The van der Waals surface area contributed by atoms with Crippen LogP contribution in [-0.4, -0.2) is 12.1 Å². The van der Waals surface area contributed by atoms with Crippen LogP contribution in [0, 0.1) is 5.82 Å². The zero-order valence-electron chi connectivity index (χ0n) is 11.1. The molecule has 1 rings (SSSR count). The number of halogens is 2. The molecule has 1 unspecified atom stereocenters. The number of benzene rings is 1. The Morgan fingerprint density at radius 2 is 2.06 bits per heavy atom. The number of nitrogens with two attached hydrogens (primary N) is 1. The second kappa shape index (κ2) is 6.95. The van der Waals surface area contributed by atoms with Gasteiger partial charge in [0, 0.05) is 22.8 Å². The molecule has 102 valence electrons. The van der Waals surface area contributed by atoms with E-state index in [1.165, 1.54) is 25.0 Å². The Bertz CT molecular complexity index is 364. The first-order chi connectivity index (χ1) is 8.49. The Labute approximate surface area is 114 Å². The van der Waals surface area contributed by atoms with Crippen molar-refractivity contribution in [3.05, 3.63) is 29.0 Å². The number of nitrogens with one attached hydrogen (secondary N) is 1. The highest BCUT2D eigenvalue weighted by Gasteiger charge is 2.21. The van der Waals surface area contributed by atoms with Gasteiger partial charge in [0.2, 0.25) is 0 Å². The third kappa shape index (κ3) is 4.83. The molecule has 4 heteroatoms. The van der Waals surface area contributed by atoms with E-state index >= 15 is 0 Å². The first-order valence-corrected chi connectivity index (χ1v) is 6.81. The molecule has 0 spiro atoms. The van der Waals surface area contributed by atoms with Crippen LogP contribution in [0.5, 0.6) is 0 Å². The Balaban J connectivity index is 2.71. The zero-order valence-corrected chi connectivity index (χ0v) is 11.9. The molecule has 0 saturated heterocycles. The van der Waals surface area contributed by atoms with Crippen LogP contribution in [-0.2, 0) is 0 Å². The van der Waals surface area contributed by atoms with Gasteiger partial charge in [-0.2, -0.15) is 0 Å². The molecular weight excluding hydrogens is 251 g/mol. The molecule has 1 aromatic carbocycles. The van der Waals surface area contributed by atoms with Gasteiger partial charge in [-0.15, -0.1) is 0 Å². The van der Waals surface area contributed by atoms with Crippen LogP contribution in [0.25, 0.3) is 0 Å². The van der Waals surface area contributed by atoms with Crippen molar-refractivity contribution in [1.29, 1.82) is 0 Å². The molecular formula is C14H22ClFN2. The van der Waals surface area contributed by atoms with Crippen LogP contribution < -0.4 is 11.1 Å². The molecule has 0 aliphatic rings. The van der Waals surface area contributed by atoms with Crippen LogP contribution in [0.2, 0.25) is 5.02 Å². The molecule has 0 aliphatic heterocycles. The first kappa shape index (κ1) is 15.3. The van der Waals surface area contributed by atoms with Gasteiger partial charge < -0.3 is 11.1 Å². The van der Waals surface area contributed by atoms with E-state index in [4.69, 9.17) is 17.3 Å². The van der Waals surface area contributed by atoms with E-state index in [1.54, 1.807) is 6.07 Å². The predicted molar refractivity (Wildman–Crippen MR) is 76.6 cm³/mol. The third-order valence-corrected chi connectivity index (χ3v) is 3.31. The highest BCUT2D eigenvalue weighted by Crippen LogP contribution is 2.24. The standard InChI is InChI=1S/C14H22ClFN2/c1-3-4-5-6-14(2,10-17)18-13-8-11(15)7-12(16)9-13/h7-9,18H,3-6,10,17H2,1-2H3. The summed E-state index contributed by atoms with van der Waals surface area (Å²) >= 11 is 5.84. The van der Waals surface area contributed by atoms with E-state index in [9.17, 15) is 4.39 Å². The molecule has 0 fully saturated rings. The topological polar surface area (TPSA) is 38.0 Å². The average Bonchev–Trinajstić information content (AvgIpc) is 2.28. The van der Waals surface area contributed by atoms with Crippen molar-refractivity contribution in [2.45, 2.75) is 45.1 Å². The van der Waals surface area contributed by atoms with Gasteiger partial charge >= 0.3 is 0 Å². The molecule has 0 amide bonds. The molecule has 3 N–H and O–H groups in total. The van der Waals surface area contributed by atoms with Gasteiger partial charge in [0.25, 0.3) is 0 Å². The second-order valence-corrected chi connectivity index (χ2v) is 5.44. The monoisotopic (exact) mass is 272 g/mol. The largest absolute Gasteiger partial charge is 0.378 e. The molecule has 0 bridgehead atoms. The minimum atomic E-state index is -0.335. The molecule has 2 nitrogen and oxygen atoms in total. The van der Waals surface area contributed by atoms with Crippen molar-refractivity contribution in [3.63, 3.8) is 0 Å². The number of rotatable bonds is 7. The zero-order chi connectivity index (χ0) is 13.6. The highest BCUT2D eigenvalue weighted by atomic mass is 35.5. The van der Waals surface area contributed by atoms with Crippen LogP contribution in [0.4, 0.5) is 10.1 Å². The first-order valence-electron chi connectivity index (χ1n) is 6.43. The Morgan fingerprint density at radius 3 is 2.61 bits per heavy atom. The van der Waals surface area contributed by atoms with Crippen LogP contribution in [0.15, 0.2) is 18.2 Å². The molecule has 0 radical (unpaired) electrons. The lowest BCUT2D eigenvalue weighted by atomic mass is 9.94. The second-order valence-electron chi connectivity index (χ2n) is 5.01. The van der Waals surface area contributed by atoms with Gasteiger partial charge in [0.05, 0.1) is 0 Å². The summed E-state index contributed by atoms with van der Waals surface area (Å²) in [5.74, 6) is -0.335. The van der Waals surface area contributed by atoms with Crippen molar-refractivity contribution >= 4 is 17.3 Å². The Hall–Kier alpha value is -0.800. The van der Waals surface area contributed by atoms with Crippen molar-refractivity contribution in [1.82, 2.24) is 0 Å². The van der Waals surface area contributed by atoms with Gasteiger partial charge in [-0.3, -0.25) is 0 Å². The maximum atomic E-state index is 13.3. The lowest BCUT2D eigenvalue weighted by Gasteiger charge is -2.31. The molecule has 18 heavy (non-hydrogen) atoms. The fraction of sp³-hybridized carbons (Fsp3) is 0.571. The number of hydrogen-bond donors (Lipinski definition) is 2. The highest BCUT2D eigenvalue weighted by molar-refractivity contribution is 6.30. The lowest BCUT2D eigenvalue weighted by Crippen LogP contribution is -2.42. The van der Waals surface area contributed by atoms with Crippen molar-refractivity contribution < 1.29 is 4.39 Å². The SMILES string of the molecule is CCCCCC(C)(CN)Nc1cc(F)cc(Cl)c1. The summed E-state index contributed by atoms with van der Waals surface area (Å²) in [6.07, 6.45) is 4.43. The summed E-state index contributed by atoms with van der Waals surface area (Å²) in [4.78, 5) is 0. The van der Waals surface area contributed by atoms with Crippen LogP contribution in [0.3, 0.4) is 0 Å². The van der Waals surface area contributed by atoms with E-state index in [-0.39, 0.29) is 11.4 Å². The van der Waals surface area contributed by atoms with Gasteiger partial charge in [-0.05, 0) is 31.5 Å². The summed E-state index contributed by atoms with van der Waals surface area (Å²) in [6.45, 7) is 4.73. The lowest BCUT2D eigenvalue weighted by molar-refractivity contribution is 0.454. The van der Waals surface area contributed by atoms with Gasteiger partial charge in [-0.1, -0.05) is 37.8 Å². The van der Waals surface area contributed by atoms with Crippen molar-refractivity contribution in [3.8, 4) is 0 Å². The molecule has 1 aromatic rings. The van der Waals surface area contributed by atoms with E-state index < -0.39 is 0 Å². The maximum absolute atomic E-state index is 13.3. The average molecular weight is 273 g/mol. The number of unbranched alkanes of at least 4 members (excludes halogenated alkanes) is 2. The van der Waals surface area contributed by atoms with E-state index in [2.05, 4.69) is 19.2 Å². The van der Waals surface area contributed by atoms with Gasteiger partial charge in [0.15, 0.2) is 0 Å². The number of hydrogen-bond acceptors (Lipinski definition) is 2. The minimum absolute atomic E-state index is 0.216. The van der Waals surface area contributed by atoms with Crippen LogP contribution >= 0.6 is 11.6 Å². The minimum Gasteiger partial charge on any atom is -0.378 e. The maximum Gasteiger partial charge on any atom is 0.126 e. The van der Waals surface area contributed by atoms with Gasteiger partial charge in [-0.25, -0.2) is 4.39 Å². The summed E-state index contributed by atoms with van der Waals surface area (Å²) in [5.41, 5.74) is 6.29. The molecule has 0 heterocycles. The Kier molecular flexibility index (Phi) is 5.89. The summed E-state index contributed by atoms with van der Waals surface area (Å²) in [6, 6.07) is 4.46. The quantitative estimate of drug-likeness (QED) is 0.731. The summed E-state index contributed by atoms with van der Waals surface area (Å²) in [7, 11) is 0. The molecule has 0 saturated carbocycles. The van der Waals surface area contributed by atoms with Crippen molar-refractivity contribution in [2.24, 2.45) is 5.73 Å². The summed E-state index contributed by atoms with van der Waals surface area (Å²) in [5, 5.41) is 3.69. The Morgan fingerprint density at radius 1 is 1.33 bits per heavy atom. The van der Waals surface area contributed by atoms with Crippen molar-refractivity contribution in [2.75, 3.05) is 11.9 Å². The smallest absolute Gasteiger partial charge is 0.126 e. The molecule has 0 aromatic heterocycles. The van der Waals surface area contributed by atoms with E-state index in [1.807, 2.05) is 0 Å². The third-order valence-electron chi connectivity index (χ3n) is 3.09. The fourth-order valence-electron chi connectivity index (χ4n) is 1.96. The van der Waals surface area contributed by atoms with Gasteiger partial charge in [0.1, 0.15) is 5.82 Å². The van der Waals surface area contributed by atoms with E-state index in [0.29, 0.717) is 17.3 Å². The van der Waals surface area contributed by atoms with Crippen LogP contribution in [0.1, 0.15) is 39.5 Å². The number of anilines is 1.